The van der Waals surface area contributed by atoms with E-state index >= 15 is 0 Å². The minimum absolute atomic E-state index is 0.0128. The van der Waals surface area contributed by atoms with Crippen LogP contribution in [0.1, 0.15) is 11.1 Å². The summed E-state index contributed by atoms with van der Waals surface area (Å²) in [5.74, 6) is 0.552. The number of H-pyrrole nitrogens is 1. The van der Waals surface area contributed by atoms with Crippen LogP contribution >= 0.6 is 0 Å². The maximum absolute atomic E-state index is 11.4. The fraction of sp³-hybridized carbons (Fsp3) is 0.167. The highest BCUT2D eigenvalue weighted by Gasteiger charge is 2.07. The molecule has 0 spiro atoms. The summed E-state index contributed by atoms with van der Waals surface area (Å²) in [5.41, 5.74) is 7.93. The van der Waals surface area contributed by atoms with E-state index in [0.29, 0.717) is 11.4 Å². The molecular weight excluding hydrogens is 218 g/mol. The highest BCUT2D eigenvalue weighted by atomic mass is 16.5. The average molecular weight is 231 g/mol. The Labute approximate surface area is 98.3 Å². The summed E-state index contributed by atoms with van der Waals surface area (Å²) in [5, 5.41) is 0. The Balaban J connectivity index is 2.40. The van der Waals surface area contributed by atoms with Gasteiger partial charge in [-0.2, -0.15) is 0 Å². The minimum Gasteiger partial charge on any atom is -0.434 e. The topological polar surface area (TPSA) is 81.0 Å². The number of nitrogen functional groups attached to an aromatic ring is 1. The lowest BCUT2D eigenvalue weighted by Gasteiger charge is -2.09. The van der Waals surface area contributed by atoms with E-state index in [9.17, 15) is 4.79 Å². The van der Waals surface area contributed by atoms with E-state index in [4.69, 9.17) is 10.5 Å². The molecular formula is C12H13N3O2. The summed E-state index contributed by atoms with van der Waals surface area (Å²) in [4.78, 5) is 17.8. The SMILES string of the molecule is Cc1cc(C)c(Oc2ncc[nH]c2=O)cc1N. The third kappa shape index (κ3) is 2.28. The fourth-order valence-electron chi connectivity index (χ4n) is 1.47. The number of benzene rings is 1. The van der Waals surface area contributed by atoms with Crippen LogP contribution in [0.4, 0.5) is 5.69 Å². The first kappa shape index (κ1) is 11.2. The number of aryl methyl sites for hydroxylation is 2. The maximum atomic E-state index is 11.4. The van der Waals surface area contributed by atoms with Crippen LogP contribution in [0.25, 0.3) is 0 Å². The van der Waals surface area contributed by atoms with Crippen LogP contribution in [0, 0.1) is 13.8 Å². The van der Waals surface area contributed by atoms with E-state index in [0.717, 1.165) is 11.1 Å². The predicted molar refractivity (Wildman–Crippen MR) is 65.3 cm³/mol. The molecule has 5 nitrogen and oxygen atoms in total. The van der Waals surface area contributed by atoms with Gasteiger partial charge in [-0.05, 0) is 25.0 Å². The van der Waals surface area contributed by atoms with Gasteiger partial charge in [0.2, 0.25) is 0 Å². The number of nitrogens with two attached hydrogens (primary N) is 1. The molecule has 0 aliphatic heterocycles. The molecule has 88 valence electrons. The molecule has 0 aliphatic carbocycles. The van der Waals surface area contributed by atoms with E-state index in [1.165, 1.54) is 12.4 Å². The van der Waals surface area contributed by atoms with Gasteiger partial charge in [0.25, 0.3) is 5.88 Å². The zero-order valence-electron chi connectivity index (χ0n) is 9.65. The lowest BCUT2D eigenvalue weighted by molar-refractivity contribution is 0.451. The van der Waals surface area contributed by atoms with Gasteiger partial charge in [-0.1, -0.05) is 6.07 Å². The predicted octanol–water partition coefficient (Wildman–Crippen LogP) is 1.76. The number of rotatable bonds is 2. The number of hydrogen-bond acceptors (Lipinski definition) is 4. The molecule has 0 saturated heterocycles. The zero-order valence-corrected chi connectivity index (χ0v) is 9.65. The second-order valence-corrected chi connectivity index (χ2v) is 3.80. The van der Waals surface area contributed by atoms with Gasteiger partial charge in [0.15, 0.2) is 0 Å². The molecule has 0 unspecified atom stereocenters. The Morgan fingerprint density at radius 1 is 1.29 bits per heavy atom. The van der Waals surface area contributed by atoms with Crippen LogP contribution in [-0.4, -0.2) is 9.97 Å². The molecule has 0 radical (unpaired) electrons. The van der Waals surface area contributed by atoms with Gasteiger partial charge >= 0.3 is 5.56 Å². The van der Waals surface area contributed by atoms with Crippen molar-refractivity contribution in [1.82, 2.24) is 9.97 Å². The maximum Gasteiger partial charge on any atom is 0.311 e. The monoisotopic (exact) mass is 231 g/mol. The average Bonchev–Trinajstić information content (AvgIpc) is 2.29. The summed E-state index contributed by atoms with van der Waals surface area (Å²) in [7, 11) is 0. The van der Waals surface area contributed by atoms with Crippen molar-refractivity contribution in [1.29, 1.82) is 0 Å². The number of nitrogens with zero attached hydrogens (tertiary/aromatic N) is 1. The van der Waals surface area contributed by atoms with Crippen molar-refractivity contribution in [3.63, 3.8) is 0 Å². The van der Waals surface area contributed by atoms with Crippen LogP contribution < -0.4 is 16.0 Å². The Bertz CT molecular complexity index is 605. The molecule has 17 heavy (non-hydrogen) atoms. The minimum atomic E-state index is -0.369. The molecule has 1 heterocycles. The Kier molecular flexibility index (Phi) is 2.82. The zero-order chi connectivity index (χ0) is 12.4. The first-order valence-corrected chi connectivity index (χ1v) is 5.16. The van der Waals surface area contributed by atoms with Crippen molar-refractivity contribution >= 4 is 5.69 Å². The summed E-state index contributed by atoms with van der Waals surface area (Å²) in [6, 6.07) is 3.60. The van der Waals surface area contributed by atoms with E-state index in [1.807, 2.05) is 19.9 Å². The number of ether oxygens (including phenoxy) is 1. The normalized spacial score (nSPS) is 10.2. The molecule has 2 aromatic rings. The van der Waals surface area contributed by atoms with E-state index in [1.54, 1.807) is 6.07 Å². The molecule has 2 rings (SSSR count). The van der Waals surface area contributed by atoms with Crippen molar-refractivity contribution in [3.8, 4) is 11.6 Å². The van der Waals surface area contributed by atoms with Gasteiger partial charge in [0.05, 0.1) is 0 Å². The quantitative estimate of drug-likeness (QED) is 0.772. The molecule has 0 amide bonds. The Morgan fingerprint density at radius 2 is 2.06 bits per heavy atom. The molecule has 0 atom stereocenters. The third-order valence-corrected chi connectivity index (χ3v) is 2.45. The molecule has 1 aromatic carbocycles. The smallest absolute Gasteiger partial charge is 0.311 e. The van der Waals surface area contributed by atoms with Gasteiger partial charge in [0.1, 0.15) is 5.75 Å². The van der Waals surface area contributed by atoms with Crippen molar-refractivity contribution < 1.29 is 4.74 Å². The van der Waals surface area contributed by atoms with E-state index in [2.05, 4.69) is 9.97 Å². The second-order valence-electron chi connectivity index (χ2n) is 3.80. The highest BCUT2D eigenvalue weighted by molar-refractivity contribution is 5.54. The Hall–Kier alpha value is -2.30. The standard InChI is InChI=1S/C12H13N3O2/c1-7-5-8(2)10(6-9(7)13)17-12-11(16)14-3-4-15-12/h3-6H,13H2,1-2H3,(H,14,16). The summed E-state index contributed by atoms with van der Waals surface area (Å²) >= 11 is 0. The van der Waals surface area contributed by atoms with Crippen molar-refractivity contribution in [2.75, 3.05) is 5.73 Å². The van der Waals surface area contributed by atoms with Gasteiger partial charge in [-0.15, -0.1) is 0 Å². The highest BCUT2D eigenvalue weighted by Crippen LogP contribution is 2.26. The van der Waals surface area contributed by atoms with E-state index < -0.39 is 0 Å². The number of hydrogen-bond donors (Lipinski definition) is 2. The van der Waals surface area contributed by atoms with E-state index in [-0.39, 0.29) is 11.4 Å². The summed E-state index contributed by atoms with van der Waals surface area (Å²) in [6.07, 6.45) is 2.91. The van der Waals surface area contributed by atoms with Gasteiger partial charge in [-0.3, -0.25) is 4.79 Å². The lowest BCUT2D eigenvalue weighted by Crippen LogP contribution is -2.09. The Morgan fingerprint density at radius 3 is 2.76 bits per heavy atom. The van der Waals surface area contributed by atoms with Crippen LogP contribution in [0.15, 0.2) is 29.3 Å². The van der Waals surface area contributed by atoms with Crippen LogP contribution in [0.5, 0.6) is 11.6 Å². The lowest BCUT2D eigenvalue weighted by atomic mass is 10.1. The largest absolute Gasteiger partial charge is 0.434 e. The molecule has 3 N–H and O–H groups in total. The number of aromatic nitrogens is 2. The molecule has 5 heteroatoms. The molecule has 0 saturated carbocycles. The molecule has 0 fully saturated rings. The number of aromatic amines is 1. The van der Waals surface area contributed by atoms with Gasteiger partial charge < -0.3 is 15.5 Å². The summed E-state index contributed by atoms with van der Waals surface area (Å²) in [6.45, 7) is 3.80. The first-order valence-electron chi connectivity index (χ1n) is 5.16. The van der Waals surface area contributed by atoms with Crippen molar-refractivity contribution in [2.45, 2.75) is 13.8 Å². The van der Waals surface area contributed by atoms with Crippen LogP contribution in [0.2, 0.25) is 0 Å². The van der Waals surface area contributed by atoms with Crippen LogP contribution in [0.3, 0.4) is 0 Å². The van der Waals surface area contributed by atoms with Gasteiger partial charge in [0, 0.05) is 24.1 Å². The fourth-order valence-corrected chi connectivity index (χ4v) is 1.47. The third-order valence-electron chi connectivity index (χ3n) is 2.45. The van der Waals surface area contributed by atoms with Crippen molar-refractivity contribution in [3.05, 3.63) is 46.0 Å². The van der Waals surface area contributed by atoms with Crippen LogP contribution in [-0.2, 0) is 0 Å². The first-order chi connectivity index (χ1) is 8.08. The van der Waals surface area contributed by atoms with Crippen molar-refractivity contribution in [2.24, 2.45) is 0 Å². The second kappa shape index (κ2) is 4.29. The number of nitrogens with one attached hydrogen (secondary N) is 1. The molecule has 0 aliphatic rings. The summed E-state index contributed by atoms with van der Waals surface area (Å²) < 4.78 is 5.44. The number of anilines is 1. The van der Waals surface area contributed by atoms with Gasteiger partial charge in [-0.25, -0.2) is 4.98 Å². The molecule has 1 aromatic heterocycles. The molecule has 0 bridgehead atoms.